The van der Waals surface area contributed by atoms with Gasteiger partial charge in [-0.05, 0) is 25.5 Å². The highest BCUT2D eigenvalue weighted by Gasteiger charge is 2.23. The van der Waals surface area contributed by atoms with Crippen molar-refractivity contribution < 1.29 is 14.7 Å². The van der Waals surface area contributed by atoms with Crippen LogP contribution in [0.5, 0.6) is 0 Å². The first-order valence-electron chi connectivity index (χ1n) is 8.33. The summed E-state index contributed by atoms with van der Waals surface area (Å²) in [6.45, 7) is 0.652. The number of carbonyl (C=O) groups is 2. The van der Waals surface area contributed by atoms with Gasteiger partial charge in [0.15, 0.2) is 5.16 Å². The Morgan fingerprint density at radius 2 is 1.96 bits per heavy atom. The first-order valence-corrected chi connectivity index (χ1v) is 9.55. The number of nitrogens with one attached hydrogen (secondary N) is 2. The first kappa shape index (κ1) is 18.6. The van der Waals surface area contributed by atoms with Gasteiger partial charge < -0.3 is 20.3 Å². The number of nitrogens with zero attached hydrogens (tertiary/aromatic N) is 3. The number of hydrogen-bond donors (Lipinski definition) is 3. The fraction of sp³-hybridized carbons (Fsp3) is 0.733. The molecule has 0 radical (unpaired) electrons. The van der Waals surface area contributed by atoms with Crippen molar-refractivity contribution in [3.63, 3.8) is 0 Å². The summed E-state index contributed by atoms with van der Waals surface area (Å²) in [5.41, 5.74) is 0. The third-order valence-electron chi connectivity index (χ3n) is 4.09. The lowest BCUT2D eigenvalue weighted by Gasteiger charge is -2.16. The SMILES string of the molecule is CSc1nnc(CCCNC(=O)NCCC(=O)O)n1C1CCCC1. The fourth-order valence-electron chi connectivity index (χ4n) is 2.94. The highest BCUT2D eigenvalue weighted by atomic mass is 32.2. The third kappa shape index (κ3) is 5.40. The van der Waals surface area contributed by atoms with Crippen molar-refractivity contribution in [3.8, 4) is 0 Å². The second-order valence-corrected chi connectivity index (χ2v) is 6.61. The average molecular weight is 355 g/mol. The van der Waals surface area contributed by atoms with E-state index < -0.39 is 5.97 Å². The first-order chi connectivity index (χ1) is 11.6. The lowest BCUT2D eigenvalue weighted by atomic mass is 10.2. The van der Waals surface area contributed by atoms with Crippen molar-refractivity contribution in [2.75, 3.05) is 19.3 Å². The second-order valence-electron chi connectivity index (χ2n) is 5.84. The Morgan fingerprint density at radius 1 is 1.25 bits per heavy atom. The summed E-state index contributed by atoms with van der Waals surface area (Å²) in [7, 11) is 0. The summed E-state index contributed by atoms with van der Waals surface area (Å²) in [6, 6.07) is 0.169. The summed E-state index contributed by atoms with van der Waals surface area (Å²) < 4.78 is 2.27. The molecule has 0 atom stereocenters. The summed E-state index contributed by atoms with van der Waals surface area (Å²) in [6.07, 6.45) is 8.36. The van der Waals surface area contributed by atoms with Crippen LogP contribution in [0.2, 0.25) is 0 Å². The molecule has 1 aliphatic carbocycles. The van der Waals surface area contributed by atoms with Gasteiger partial charge in [0.05, 0.1) is 6.42 Å². The van der Waals surface area contributed by atoms with Gasteiger partial charge in [0.2, 0.25) is 0 Å². The van der Waals surface area contributed by atoms with E-state index in [4.69, 9.17) is 5.11 Å². The van der Waals surface area contributed by atoms with Gasteiger partial charge in [0, 0.05) is 25.6 Å². The summed E-state index contributed by atoms with van der Waals surface area (Å²) in [5, 5.41) is 23.3. The molecule has 2 amide bonds. The van der Waals surface area contributed by atoms with Gasteiger partial charge in [0.25, 0.3) is 0 Å². The largest absolute Gasteiger partial charge is 0.481 e. The summed E-state index contributed by atoms with van der Waals surface area (Å²) in [5.74, 6) is 0.0606. The van der Waals surface area contributed by atoms with E-state index in [-0.39, 0.29) is 19.0 Å². The molecule has 134 valence electrons. The molecule has 0 spiro atoms. The lowest BCUT2D eigenvalue weighted by Crippen LogP contribution is -2.37. The van der Waals surface area contributed by atoms with Crippen molar-refractivity contribution in [1.29, 1.82) is 0 Å². The molecule has 3 N–H and O–H groups in total. The fourth-order valence-corrected chi connectivity index (χ4v) is 3.51. The zero-order valence-electron chi connectivity index (χ0n) is 14.0. The molecule has 0 aliphatic heterocycles. The van der Waals surface area contributed by atoms with Crippen molar-refractivity contribution in [3.05, 3.63) is 5.82 Å². The smallest absolute Gasteiger partial charge is 0.314 e. The van der Waals surface area contributed by atoms with Crippen molar-refractivity contribution in [1.82, 2.24) is 25.4 Å². The number of carboxylic acid groups (broad SMARTS) is 1. The maximum Gasteiger partial charge on any atom is 0.314 e. The molecule has 2 rings (SSSR count). The van der Waals surface area contributed by atoms with Crippen LogP contribution in [0.15, 0.2) is 5.16 Å². The molecule has 0 bridgehead atoms. The van der Waals surface area contributed by atoms with Crippen LogP contribution >= 0.6 is 11.8 Å². The monoisotopic (exact) mass is 355 g/mol. The van der Waals surface area contributed by atoms with E-state index in [9.17, 15) is 9.59 Å². The number of urea groups is 1. The van der Waals surface area contributed by atoms with Gasteiger partial charge in [-0.25, -0.2) is 4.79 Å². The molecule has 1 aromatic heterocycles. The number of thioether (sulfide) groups is 1. The number of rotatable bonds is 9. The number of carbonyl (C=O) groups excluding carboxylic acids is 1. The molecular formula is C15H25N5O3S. The van der Waals surface area contributed by atoms with E-state index >= 15 is 0 Å². The molecule has 8 nitrogen and oxygen atoms in total. The van der Waals surface area contributed by atoms with Gasteiger partial charge >= 0.3 is 12.0 Å². The molecule has 1 aromatic rings. The Bertz CT molecular complexity index is 557. The molecule has 9 heteroatoms. The van der Waals surface area contributed by atoms with Crippen LogP contribution in [0, 0.1) is 0 Å². The normalized spacial score (nSPS) is 14.7. The van der Waals surface area contributed by atoms with E-state index in [2.05, 4.69) is 25.4 Å². The van der Waals surface area contributed by atoms with Crippen molar-refractivity contribution in [2.45, 2.75) is 56.1 Å². The Kier molecular flexibility index (Phi) is 7.36. The maximum atomic E-state index is 11.5. The molecule has 1 fully saturated rings. The van der Waals surface area contributed by atoms with E-state index in [1.807, 2.05) is 6.26 Å². The number of aromatic nitrogens is 3. The second kappa shape index (κ2) is 9.51. The number of aryl methyl sites for hydroxylation is 1. The molecule has 1 saturated carbocycles. The quantitative estimate of drug-likeness (QED) is 0.460. The lowest BCUT2D eigenvalue weighted by molar-refractivity contribution is -0.136. The predicted molar refractivity (Wildman–Crippen MR) is 91.3 cm³/mol. The van der Waals surface area contributed by atoms with E-state index in [0.29, 0.717) is 12.6 Å². The Hall–Kier alpha value is -1.77. The molecular weight excluding hydrogens is 330 g/mol. The number of carboxylic acids is 1. The van der Waals surface area contributed by atoms with Crippen molar-refractivity contribution >= 4 is 23.8 Å². The number of hydrogen-bond acceptors (Lipinski definition) is 5. The van der Waals surface area contributed by atoms with Gasteiger partial charge in [-0.15, -0.1) is 10.2 Å². The molecule has 1 heterocycles. The van der Waals surface area contributed by atoms with Crippen LogP contribution in [0.25, 0.3) is 0 Å². The molecule has 24 heavy (non-hydrogen) atoms. The third-order valence-corrected chi connectivity index (χ3v) is 4.74. The van der Waals surface area contributed by atoms with E-state index in [1.165, 1.54) is 25.7 Å². The van der Waals surface area contributed by atoms with Gasteiger partial charge in [0.1, 0.15) is 5.82 Å². The number of aliphatic carboxylic acids is 1. The van der Waals surface area contributed by atoms with Gasteiger partial charge in [-0.1, -0.05) is 24.6 Å². The topological polar surface area (TPSA) is 109 Å². The Balaban J connectivity index is 1.75. The summed E-state index contributed by atoms with van der Waals surface area (Å²) in [4.78, 5) is 21.9. The molecule has 1 aliphatic rings. The van der Waals surface area contributed by atoms with Crippen LogP contribution in [-0.2, 0) is 11.2 Å². The minimum atomic E-state index is -0.925. The minimum absolute atomic E-state index is 0.0740. The average Bonchev–Trinajstić information content (AvgIpc) is 3.19. The standard InChI is InChI=1S/C15H25N5O3S/c1-24-15-19-18-12(20(15)11-5-2-3-6-11)7-4-9-16-14(23)17-10-8-13(21)22/h11H,2-10H2,1H3,(H,21,22)(H2,16,17,23). The van der Waals surface area contributed by atoms with E-state index in [1.54, 1.807) is 11.8 Å². The highest BCUT2D eigenvalue weighted by molar-refractivity contribution is 7.98. The number of amides is 2. The zero-order valence-corrected chi connectivity index (χ0v) is 14.8. The van der Waals surface area contributed by atoms with Crippen LogP contribution in [-0.4, -0.2) is 51.2 Å². The van der Waals surface area contributed by atoms with Gasteiger partial charge in [-0.3, -0.25) is 4.79 Å². The van der Waals surface area contributed by atoms with Crippen LogP contribution in [0.4, 0.5) is 4.79 Å². The molecule has 0 unspecified atom stereocenters. The maximum absolute atomic E-state index is 11.5. The Morgan fingerprint density at radius 3 is 2.62 bits per heavy atom. The summed E-state index contributed by atoms with van der Waals surface area (Å²) >= 11 is 1.62. The molecule has 0 saturated heterocycles. The van der Waals surface area contributed by atoms with E-state index in [0.717, 1.165) is 23.8 Å². The van der Waals surface area contributed by atoms with Crippen LogP contribution in [0.1, 0.15) is 50.4 Å². The predicted octanol–water partition coefficient (Wildman–Crippen LogP) is 1.82. The minimum Gasteiger partial charge on any atom is -0.481 e. The Labute approximate surface area is 145 Å². The van der Waals surface area contributed by atoms with Crippen LogP contribution < -0.4 is 10.6 Å². The van der Waals surface area contributed by atoms with Crippen molar-refractivity contribution in [2.24, 2.45) is 0 Å². The molecule has 0 aromatic carbocycles. The zero-order chi connectivity index (χ0) is 17.4. The highest BCUT2D eigenvalue weighted by Crippen LogP contribution is 2.33. The van der Waals surface area contributed by atoms with Crippen LogP contribution in [0.3, 0.4) is 0 Å². The van der Waals surface area contributed by atoms with Gasteiger partial charge in [-0.2, -0.15) is 0 Å².